The van der Waals surface area contributed by atoms with Gasteiger partial charge in [0.2, 0.25) is 0 Å². The number of nitrogens with one attached hydrogen (secondary N) is 1. The molecule has 0 atom stereocenters. The van der Waals surface area contributed by atoms with E-state index in [1.54, 1.807) is 6.21 Å². The van der Waals surface area contributed by atoms with Gasteiger partial charge in [0.15, 0.2) is 5.65 Å². The van der Waals surface area contributed by atoms with E-state index in [1.165, 1.54) is 4.68 Å². The predicted octanol–water partition coefficient (Wildman–Crippen LogP) is 3.89. The molecule has 7 nitrogen and oxygen atoms in total. The summed E-state index contributed by atoms with van der Waals surface area (Å²) < 4.78 is 1.50. The number of carbonyl (C=O) groups excluding carboxylic acids is 1. The second-order valence-electron chi connectivity index (χ2n) is 7.17. The number of unbranched alkanes of at least 4 members (excludes halogenated alkanes) is 1. The van der Waals surface area contributed by atoms with Crippen LogP contribution in [0.2, 0.25) is 0 Å². The van der Waals surface area contributed by atoms with Crippen LogP contribution in [0.4, 0.5) is 5.82 Å². The molecule has 0 aliphatic carbocycles. The van der Waals surface area contributed by atoms with E-state index >= 15 is 0 Å². The minimum Gasteiger partial charge on any atom is -0.383 e. The molecule has 0 saturated heterocycles. The first-order valence-electron chi connectivity index (χ1n) is 10.0. The molecule has 2 heterocycles. The second-order valence-corrected chi connectivity index (χ2v) is 7.17. The van der Waals surface area contributed by atoms with Crippen molar-refractivity contribution in [1.82, 2.24) is 20.0 Å². The highest BCUT2D eigenvalue weighted by Gasteiger charge is 2.23. The molecule has 0 saturated carbocycles. The van der Waals surface area contributed by atoms with E-state index in [-0.39, 0.29) is 11.7 Å². The number of hydrogen-bond donors (Lipinski definition) is 2. The van der Waals surface area contributed by atoms with Crippen molar-refractivity contribution >= 4 is 40.1 Å². The first kappa shape index (κ1) is 19.6. The molecule has 3 N–H and O–H groups in total. The molecule has 0 aliphatic rings. The normalized spacial score (nSPS) is 11.5. The fraction of sp³-hybridized carbons (Fsp3) is 0.217. The Balaban J connectivity index is 1.88. The number of nitrogens with zero attached hydrogens (tertiary/aromatic N) is 4. The molecule has 4 rings (SSSR count). The van der Waals surface area contributed by atoms with E-state index in [0.717, 1.165) is 24.0 Å². The van der Waals surface area contributed by atoms with Gasteiger partial charge in [0.1, 0.15) is 16.9 Å². The molecule has 4 aromatic rings. The summed E-state index contributed by atoms with van der Waals surface area (Å²) in [5.41, 5.74) is 11.1. The monoisotopic (exact) mass is 400 g/mol. The number of anilines is 1. The Morgan fingerprint density at radius 3 is 2.57 bits per heavy atom. The summed E-state index contributed by atoms with van der Waals surface area (Å²) in [6, 6.07) is 15.4. The fourth-order valence-corrected chi connectivity index (χ4v) is 3.31. The third kappa shape index (κ3) is 3.61. The van der Waals surface area contributed by atoms with E-state index in [4.69, 9.17) is 10.7 Å². The summed E-state index contributed by atoms with van der Waals surface area (Å²) in [4.78, 5) is 22.3. The topological polar surface area (TPSA) is 98.2 Å². The average Bonchev–Trinajstić information content (AvgIpc) is 3.02. The molecule has 0 unspecified atom stereocenters. The average molecular weight is 400 g/mol. The van der Waals surface area contributed by atoms with Crippen LogP contribution in [-0.4, -0.2) is 33.3 Å². The van der Waals surface area contributed by atoms with Crippen molar-refractivity contribution in [2.24, 2.45) is 5.10 Å². The maximum absolute atomic E-state index is 12.9. The zero-order chi connectivity index (χ0) is 21.1. The van der Waals surface area contributed by atoms with Gasteiger partial charge in [-0.1, -0.05) is 49.7 Å². The van der Waals surface area contributed by atoms with Crippen LogP contribution in [0.1, 0.15) is 41.3 Å². The number of carbonyl (C=O) groups is 1. The van der Waals surface area contributed by atoms with E-state index in [2.05, 4.69) is 22.3 Å². The molecule has 7 heteroatoms. The van der Waals surface area contributed by atoms with Crippen LogP contribution in [0, 0.1) is 6.92 Å². The maximum Gasteiger partial charge on any atom is 0.257 e. The van der Waals surface area contributed by atoms with Crippen molar-refractivity contribution < 1.29 is 4.79 Å². The number of fused-ring (bicyclic) bond motifs is 2. The lowest BCUT2D eigenvalue weighted by Gasteiger charge is -2.04. The van der Waals surface area contributed by atoms with E-state index < -0.39 is 0 Å². The molecular formula is C23H24N6O. The van der Waals surface area contributed by atoms with Gasteiger partial charge in [-0.05, 0) is 36.6 Å². The summed E-state index contributed by atoms with van der Waals surface area (Å²) in [6.45, 7) is 4.66. The Bertz CT molecular complexity index is 1260. The van der Waals surface area contributed by atoms with Crippen LogP contribution in [0.5, 0.6) is 0 Å². The summed E-state index contributed by atoms with van der Waals surface area (Å²) in [5.74, 6) is -0.0421. The first-order chi connectivity index (χ1) is 14.6. The van der Waals surface area contributed by atoms with Gasteiger partial charge in [-0.25, -0.2) is 9.97 Å². The molecular weight excluding hydrogens is 376 g/mol. The zero-order valence-electron chi connectivity index (χ0n) is 17.1. The lowest BCUT2D eigenvalue weighted by Crippen LogP contribution is -2.25. The van der Waals surface area contributed by atoms with Gasteiger partial charge in [0.25, 0.3) is 5.91 Å². The molecule has 152 valence electrons. The molecule has 0 spiro atoms. The van der Waals surface area contributed by atoms with Crippen LogP contribution in [0.25, 0.3) is 22.2 Å². The van der Waals surface area contributed by atoms with Crippen molar-refractivity contribution in [3.63, 3.8) is 0 Å². The van der Waals surface area contributed by atoms with Crippen LogP contribution in [0.15, 0.2) is 53.6 Å². The van der Waals surface area contributed by atoms with Crippen molar-refractivity contribution in [2.75, 3.05) is 12.3 Å². The van der Waals surface area contributed by atoms with Crippen LogP contribution >= 0.6 is 0 Å². The fourth-order valence-electron chi connectivity index (χ4n) is 3.31. The molecule has 0 fully saturated rings. The Labute approximate surface area is 174 Å². The smallest absolute Gasteiger partial charge is 0.257 e. The van der Waals surface area contributed by atoms with Crippen molar-refractivity contribution in [3.8, 4) is 0 Å². The Morgan fingerprint density at radius 1 is 1.13 bits per heavy atom. The van der Waals surface area contributed by atoms with Crippen LogP contribution in [-0.2, 0) is 0 Å². The molecule has 2 aromatic carbocycles. The van der Waals surface area contributed by atoms with Crippen molar-refractivity contribution in [3.05, 3.63) is 65.2 Å². The molecule has 0 aliphatic heterocycles. The van der Waals surface area contributed by atoms with Crippen molar-refractivity contribution in [2.45, 2.75) is 26.7 Å². The quantitative estimate of drug-likeness (QED) is 0.379. The molecule has 1 amide bonds. The lowest BCUT2D eigenvalue weighted by atomic mass is 10.1. The van der Waals surface area contributed by atoms with Gasteiger partial charge in [0.05, 0.1) is 17.2 Å². The largest absolute Gasteiger partial charge is 0.383 e. The Morgan fingerprint density at radius 2 is 1.83 bits per heavy atom. The highest BCUT2D eigenvalue weighted by molar-refractivity contribution is 6.10. The lowest BCUT2D eigenvalue weighted by molar-refractivity contribution is 0.0955. The SMILES string of the molecule is CCCCNC(=O)c1c(N)n(/N=C/c2ccccc2C)c2nc3ccccc3nc12. The van der Waals surface area contributed by atoms with Gasteiger partial charge < -0.3 is 11.1 Å². The summed E-state index contributed by atoms with van der Waals surface area (Å²) in [7, 11) is 0. The van der Waals surface area contributed by atoms with Gasteiger partial charge in [-0.15, -0.1) is 0 Å². The summed E-state index contributed by atoms with van der Waals surface area (Å²) in [5, 5.41) is 7.48. The number of amides is 1. The number of aryl methyl sites for hydroxylation is 1. The van der Waals surface area contributed by atoms with Gasteiger partial charge >= 0.3 is 0 Å². The number of aromatic nitrogens is 3. The molecule has 30 heavy (non-hydrogen) atoms. The molecule has 0 bridgehead atoms. The number of nitrogen functional groups attached to an aromatic ring is 1. The second kappa shape index (κ2) is 8.32. The number of benzene rings is 2. The Kier molecular flexibility index (Phi) is 5.43. The van der Waals surface area contributed by atoms with E-state index in [9.17, 15) is 4.79 Å². The number of para-hydroxylation sites is 2. The third-order valence-corrected chi connectivity index (χ3v) is 5.02. The number of rotatable bonds is 6. The zero-order valence-corrected chi connectivity index (χ0v) is 17.1. The number of hydrogen-bond acceptors (Lipinski definition) is 5. The minimum absolute atomic E-state index is 0.221. The standard InChI is InChI=1S/C23H24N6O/c1-3-4-13-25-23(30)19-20-22(28-18-12-8-7-11-17(18)27-20)29(21(19)24)26-14-16-10-6-5-9-15(16)2/h5-12,14H,3-4,13,24H2,1-2H3,(H,25,30)/b26-14+. The summed E-state index contributed by atoms with van der Waals surface area (Å²) >= 11 is 0. The molecule has 0 radical (unpaired) electrons. The Hall–Kier alpha value is -3.74. The van der Waals surface area contributed by atoms with Gasteiger partial charge in [-0.3, -0.25) is 4.79 Å². The van der Waals surface area contributed by atoms with Crippen LogP contribution < -0.4 is 11.1 Å². The highest BCUT2D eigenvalue weighted by atomic mass is 16.1. The third-order valence-electron chi connectivity index (χ3n) is 5.02. The minimum atomic E-state index is -0.264. The van der Waals surface area contributed by atoms with Gasteiger partial charge in [0, 0.05) is 6.54 Å². The van der Waals surface area contributed by atoms with Crippen molar-refractivity contribution in [1.29, 1.82) is 0 Å². The van der Waals surface area contributed by atoms with E-state index in [1.807, 2.05) is 55.5 Å². The van der Waals surface area contributed by atoms with Crippen LogP contribution in [0.3, 0.4) is 0 Å². The highest BCUT2D eigenvalue weighted by Crippen LogP contribution is 2.27. The summed E-state index contributed by atoms with van der Waals surface area (Å²) in [6.07, 6.45) is 3.60. The predicted molar refractivity (Wildman–Crippen MR) is 121 cm³/mol. The molecule has 2 aromatic heterocycles. The maximum atomic E-state index is 12.9. The van der Waals surface area contributed by atoms with Gasteiger partial charge in [-0.2, -0.15) is 9.78 Å². The first-order valence-corrected chi connectivity index (χ1v) is 10.0. The number of nitrogens with two attached hydrogens (primary N) is 1. The van der Waals surface area contributed by atoms with E-state index in [0.29, 0.717) is 34.3 Å².